The Bertz CT molecular complexity index is 453. The van der Waals surface area contributed by atoms with Gasteiger partial charge >= 0.3 is 0 Å². The second-order valence-electron chi connectivity index (χ2n) is 4.18. The lowest BCUT2D eigenvalue weighted by Gasteiger charge is -2.10. The van der Waals surface area contributed by atoms with Gasteiger partial charge in [0.15, 0.2) is 0 Å². The van der Waals surface area contributed by atoms with Crippen LogP contribution in [0.1, 0.15) is 23.2 Å². The minimum Gasteiger partial charge on any atom is -0.329 e. The number of hydrogen-bond donors (Lipinski definition) is 0. The van der Waals surface area contributed by atoms with Crippen molar-refractivity contribution in [1.29, 1.82) is 0 Å². The second-order valence-corrected chi connectivity index (χ2v) is 5.25. The van der Waals surface area contributed by atoms with Gasteiger partial charge in [-0.05, 0) is 24.0 Å². The minimum absolute atomic E-state index is 0.219. The Labute approximate surface area is 104 Å². The standard InChI is InChI=1S/C15H17OP/c16-17-15(14-9-5-2-6-10-14)12-11-13-7-3-1-4-8-13/h1-10,15H,11-12,17H2. The van der Waals surface area contributed by atoms with Crippen molar-refractivity contribution in [1.82, 2.24) is 0 Å². The molecule has 0 aliphatic carbocycles. The fourth-order valence-electron chi connectivity index (χ4n) is 1.98. The van der Waals surface area contributed by atoms with E-state index in [1.54, 1.807) is 0 Å². The highest BCUT2D eigenvalue weighted by molar-refractivity contribution is 7.24. The van der Waals surface area contributed by atoms with Gasteiger partial charge in [-0.25, -0.2) is 0 Å². The van der Waals surface area contributed by atoms with Gasteiger partial charge in [-0.15, -0.1) is 0 Å². The molecule has 0 fully saturated rings. The molecule has 2 heteroatoms. The number of hydrogen-bond acceptors (Lipinski definition) is 1. The lowest BCUT2D eigenvalue weighted by atomic mass is 10.0. The monoisotopic (exact) mass is 244 g/mol. The van der Waals surface area contributed by atoms with Gasteiger partial charge in [0.25, 0.3) is 0 Å². The quantitative estimate of drug-likeness (QED) is 0.723. The van der Waals surface area contributed by atoms with Crippen molar-refractivity contribution in [2.45, 2.75) is 18.5 Å². The SMILES string of the molecule is O=[PH2]C(CCc1ccccc1)c1ccccc1. The molecule has 2 atom stereocenters. The van der Waals surface area contributed by atoms with Crippen LogP contribution in [0.15, 0.2) is 60.7 Å². The minimum atomic E-state index is -0.754. The molecule has 0 N–H and O–H groups in total. The molecule has 0 amide bonds. The van der Waals surface area contributed by atoms with Crippen LogP contribution in [0.25, 0.3) is 0 Å². The number of benzene rings is 2. The molecule has 0 aliphatic rings. The van der Waals surface area contributed by atoms with Gasteiger partial charge in [-0.3, -0.25) is 0 Å². The normalized spacial score (nSPS) is 12.9. The van der Waals surface area contributed by atoms with Crippen molar-refractivity contribution >= 4 is 8.46 Å². The highest BCUT2D eigenvalue weighted by atomic mass is 31.1. The van der Waals surface area contributed by atoms with Crippen LogP contribution in [0.4, 0.5) is 0 Å². The summed E-state index contributed by atoms with van der Waals surface area (Å²) < 4.78 is 11.3. The van der Waals surface area contributed by atoms with Gasteiger partial charge in [-0.1, -0.05) is 60.7 Å². The molecule has 2 unspecified atom stereocenters. The zero-order valence-electron chi connectivity index (χ0n) is 9.75. The van der Waals surface area contributed by atoms with E-state index in [1.807, 2.05) is 24.3 Å². The van der Waals surface area contributed by atoms with Crippen molar-refractivity contribution in [3.63, 3.8) is 0 Å². The summed E-state index contributed by atoms with van der Waals surface area (Å²) in [5.41, 5.74) is 2.74. The summed E-state index contributed by atoms with van der Waals surface area (Å²) in [6, 6.07) is 20.5. The van der Waals surface area contributed by atoms with Crippen molar-refractivity contribution in [3.05, 3.63) is 71.8 Å². The van der Waals surface area contributed by atoms with Crippen molar-refractivity contribution in [3.8, 4) is 0 Å². The van der Waals surface area contributed by atoms with Gasteiger partial charge in [0, 0.05) is 5.66 Å². The smallest absolute Gasteiger partial charge is 0.0716 e. The van der Waals surface area contributed by atoms with Crippen LogP contribution in [-0.2, 0) is 11.0 Å². The molecule has 0 radical (unpaired) electrons. The van der Waals surface area contributed by atoms with Gasteiger partial charge in [0.1, 0.15) is 0 Å². The molecule has 0 saturated heterocycles. The number of aryl methyl sites for hydroxylation is 1. The third-order valence-corrected chi connectivity index (χ3v) is 4.03. The first-order valence-corrected chi connectivity index (χ1v) is 7.08. The van der Waals surface area contributed by atoms with Gasteiger partial charge in [0.05, 0.1) is 8.46 Å². The van der Waals surface area contributed by atoms with Crippen LogP contribution in [0.2, 0.25) is 0 Å². The van der Waals surface area contributed by atoms with Gasteiger partial charge in [0.2, 0.25) is 0 Å². The molecule has 2 rings (SSSR count). The second kappa shape index (κ2) is 6.42. The Kier molecular flexibility index (Phi) is 4.58. The van der Waals surface area contributed by atoms with E-state index < -0.39 is 8.46 Å². The Morgan fingerprint density at radius 1 is 0.882 bits per heavy atom. The zero-order chi connectivity index (χ0) is 11.9. The maximum Gasteiger partial charge on any atom is 0.0716 e. The van der Waals surface area contributed by atoms with E-state index in [0.717, 1.165) is 12.8 Å². The Morgan fingerprint density at radius 3 is 2.06 bits per heavy atom. The first-order chi connectivity index (χ1) is 8.40. The topological polar surface area (TPSA) is 17.1 Å². The Hall–Kier alpha value is -1.33. The van der Waals surface area contributed by atoms with E-state index in [-0.39, 0.29) is 5.66 Å². The van der Waals surface area contributed by atoms with Crippen molar-refractivity contribution < 1.29 is 4.57 Å². The summed E-state index contributed by atoms with van der Waals surface area (Å²) in [6.45, 7) is 0. The molecule has 1 nitrogen and oxygen atoms in total. The summed E-state index contributed by atoms with van der Waals surface area (Å²) in [4.78, 5) is 0. The average Bonchev–Trinajstić information content (AvgIpc) is 2.42. The maximum absolute atomic E-state index is 11.3. The molecule has 0 spiro atoms. The largest absolute Gasteiger partial charge is 0.329 e. The van der Waals surface area contributed by atoms with Crippen LogP contribution < -0.4 is 0 Å². The first kappa shape index (κ1) is 12.1. The van der Waals surface area contributed by atoms with Crippen LogP contribution in [-0.4, -0.2) is 0 Å². The Morgan fingerprint density at radius 2 is 1.47 bits per heavy atom. The van der Waals surface area contributed by atoms with Crippen LogP contribution in [0, 0.1) is 0 Å². The van der Waals surface area contributed by atoms with Crippen molar-refractivity contribution in [2.75, 3.05) is 0 Å². The highest BCUT2D eigenvalue weighted by Gasteiger charge is 2.08. The van der Waals surface area contributed by atoms with E-state index in [4.69, 9.17) is 0 Å². The molecule has 0 saturated carbocycles. The fourth-order valence-corrected chi connectivity index (χ4v) is 2.66. The zero-order valence-corrected chi connectivity index (χ0v) is 10.9. The number of rotatable bonds is 5. The van der Waals surface area contributed by atoms with E-state index in [1.165, 1.54) is 11.1 Å². The molecule has 2 aromatic rings. The lowest BCUT2D eigenvalue weighted by molar-refractivity contribution is 0.587. The molecular weight excluding hydrogens is 227 g/mol. The highest BCUT2D eigenvalue weighted by Crippen LogP contribution is 2.31. The molecule has 17 heavy (non-hydrogen) atoms. The third kappa shape index (κ3) is 3.57. The van der Waals surface area contributed by atoms with Crippen LogP contribution >= 0.6 is 8.46 Å². The molecular formula is C15H17OP. The predicted octanol–water partition coefficient (Wildman–Crippen LogP) is 4.12. The lowest BCUT2D eigenvalue weighted by Crippen LogP contribution is -1.93. The molecule has 0 aliphatic heterocycles. The molecule has 0 bridgehead atoms. The fraction of sp³-hybridized carbons (Fsp3) is 0.200. The molecule has 0 heterocycles. The summed E-state index contributed by atoms with van der Waals surface area (Å²) in [5, 5.41) is 0. The summed E-state index contributed by atoms with van der Waals surface area (Å²) in [6.07, 6.45) is 1.96. The van der Waals surface area contributed by atoms with Gasteiger partial charge in [-0.2, -0.15) is 0 Å². The van der Waals surface area contributed by atoms with Crippen LogP contribution in [0.3, 0.4) is 0 Å². The van der Waals surface area contributed by atoms with E-state index in [9.17, 15) is 4.57 Å². The molecule has 88 valence electrons. The predicted molar refractivity (Wildman–Crippen MR) is 74.3 cm³/mol. The average molecular weight is 244 g/mol. The summed E-state index contributed by atoms with van der Waals surface area (Å²) in [5.74, 6) is 0. The maximum atomic E-state index is 11.3. The molecule has 2 aromatic carbocycles. The Balaban J connectivity index is 2.00. The summed E-state index contributed by atoms with van der Waals surface area (Å²) in [7, 11) is -0.754. The van der Waals surface area contributed by atoms with Crippen molar-refractivity contribution in [2.24, 2.45) is 0 Å². The van der Waals surface area contributed by atoms with E-state index in [2.05, 4.69) is 36.4 Å². The summed E-state index contributed by atoms with van der Waals surface area (Å²) >= 11 is 0. The first-order valence-electron chi connectivity index (χ1n) is 5.94. The van der Waals surface area contributed by atoms with Crippen LogP contribution in [0.5, 0.6) is 0 Å². The molecule has 0 aromatic heterocycles. The van der Waals surface area contributed by atoms with E-state index >= 15 is 0 Å². The van der Waals surface area contributed by atoms with E-state index in [0.29, 0.717) is 0 Å². The van der Waals surface area contributed by atoms with Gasteiger partial charge < -0.3 is 4.57 Å². The third-order valence-electron chi connectivity index (χ3n) is 2.98.